The van der Waals surface area contributed by atoms with Crippen molar-refractivity contribution < 1.29 is 0 Å². The molecule has 0 bridgehead atoms. The van der Waals surface area contributed by atoms with Gasteiger partial charge in [0.15, 0.2) is 0 Å². The first-order valence-corrected chi connectivity index (χ1v) is 6.90. The van der Waals surface area contributed by atoms with Gasteiger partial charge in [-0.05, 0) is 50.0 Å². The molecule has 0 aliphatic heterocycles. The van der Waals surface area contributed by atoms with Gasteiger partial charge in [-0.15, -0.1) is 0 Å². The van der Waals surface area contributed by atoms with Crippen molar-refractivity contribution in [2.45, 2.75) is 52.0 Å². The third kappa shape index (κ3) is 3.09. The molecule has 0 unspecified atom stereocenters. The summed E-state index contributed by atoms with van der Waals surface area (Å²) in [6.07, 6.45) is 9.29. The van der Waals surface area contributed by atoms with E-state index in [0.717, 1.165) is 24.9 Å². The maximum Gasteiger partial charge on any atom is 0.0948 e. The van der Waals surface area contributed by atoms with Crippen LogP contribution in [0.25, 0.3) is 0 Å². The molecular weight excluding hydrogens is 210 g/mol. The number of nitrogens with zero attached hydrogens (tertiary/aromatic N) is 2. The lowest BCUT2D eigenvalue weighted by Crippen LogP contribution is -2.24. The van der Waals surface area contributed by atoms with Crippen molar-refractivity contribution in [2.75, 3.05) is 6.54 Å². The Morgan fingerprint density at radius 1 is 1.29 bits per heavy atom. The van der Waals surface area contributed by atoms with Gasteiger partial charge in [-0.25, -0.2) is 4.98 Å². The number of imidazole rings is 1. The van der Waals surface area contributed by atoms with Crippen LogP contribution in [0.15, 0.2) is 12.5 Å². The highest BCUT2D eigenvalue weighted by atomic mass is 15.0. The first kappa shape index (κ1) is 12.6. The Labute approximate surface area is 104 Å². The highest BCUT2D eigenvalue weighted by Gasteiger charge is 2.21. The van der Waals surface area contributed by atoms with Crippen molar-refractivity contribution in [2.24, 2.45) is 17.6 Å². The molecule has 1 fully saturated rings. The van der Waals surface area contributed by atoms with Gasteiger partial charge in [-0.2, -0.15) is 0 Å². The fourth-order valence-corrected chi connectivity index (χ4v) is 2.89. The minimum atomic E-state index is 0.567. The highest BCUT2D eigenvalue weighted by Crippen LogP contribution is 2.29. The van der Waals surface area contributed by atoms with E-state index in [1.165, 1.54) is 31.4 Å². The van der Waals surface area contributed by atoms with Crippen molar-refractivity contribution >= 4 is 0 Å². The van der Waals surface area contributed by atoms with Crippen LogP contribution in [0.4, 0.5) is 0 Å². The molecule has 2 N–H and O–H groups in total. The van der Waals surface area contributed by atoms with Crippen LogP contribution in [0.2, 0.25) is 0 Å². The molecule has 0 amide bonds. The van der Waals surface area contributed by atoms with Crippen LogP contribution in [0.1, 0.15) is 51.1 Å². The summed E-state index contributed by atoms with van der Waals surface area (Å²) in [5, 5.41) is 0. The van der Waals surface area contributed by atoms with Gasteiger partial charge in [-0.1, -0.05) is 13.8 Å². The normalized spacial score (nSPS) is 25.4. The van der Waals surface area contributed by atoms with E-state index >= 15 is 0 Å². The van der Waals surface area contributed by atoms with Gasteiger partial charge in [-0.3, -0.25) is 0 Å². The predicted octanol–water partition coefficient (Wildman–Crippen LogP) is 2.77. The maximum atomic E-state index is 5.73. The van der Waals surface area contributed by atoms with E-state index in [2.05, 4.69) is 23.4 Å². The van der Waals surface area contributed by atoms with Crippen LogP contribution in [0.5, 0.6) is 0 Å². The van der Waals surface area contributed by atoms with Gasteiger partial charge in [0.1, 0.15) is 0 Å². The van der Waals surface area contributed by atoms with Crippen LogP contribution in [0.3, 0.4) is 0 Å². The summed E-state index contributed by atoms with van der Waals surface area (Å²) < 4.78 is 2.35. The molecule has 2 rings (SSSR count). The topological polar surface area (TPSA) is 43.8 Å². The fourth-order valence-electron chi connectivity index (χ4n) is 2.89. The first-order valence-electron chi connectivity index (χ1n) is 6.90. The molecule has 3 heteroatoms. The largest absolute Gasteiger partial charge is 0.334 e. The van der Waals surface area contributed by atoms with Gasteiger partial charge in [0.2, 0.25) is 0 Å². The molecule has 0 aromatic carbocycles. The van der Waals surface area contributed by atoms with Gasteiger partial charge in [0, 0.05) is 18.4 Å². The van der Waals surface area contributed by atoms with E-state index < -0.39 is 0 Å². The molecule has 1 heterocycles. The van der Waals surface area contributed by atoms with E-state index in [-0.39, 0.29) is 0 Å². The van der Waals surface area contributed by atoms with Gasteiger partial charge in [0.05, 0.1) is 6.33 Å². The first-order chi connectivity index (χ1) is 8.20. The summed E-state index contributed by atoms with van der Waals surface area (Å²) in [5.74, 6) is 2.17. The smallest absolute Gasteiger partial charge is 0.0948 e. The molecule has 1 aliphatic carbocycles. The molecular formula is C14H25N3. The lowest BCUT2D eigenvalue weighted by molar-refractivity contribution is 0.254. The highest BCUT2D eigenvalue weighted by molar-refractivity contribution is 5.03. The molecule has 0 radical (unpaired) electrons. The third-order valence-electron chi connectivity index (χ3n) is 4.09. The summed E-state index contributed by atoms with van der Waals surface area (Å²) in [7, 11) is 0. The van der Waals surface area contributed by atoms with Crippen LogP contribution in [0, 0.1) is 11.8 Å². The van der Waals surface area contributed by atoms with E-state index in [9.17, 15) is 0 Å². The van der Waals surface area contributed by atoms with Crippen LogP contribution in [-0.2, 0) is 6.54 Å². The second-order valence-corrected chi connectivity index (χ2v) is 5.75. The molecule has 17 heavy (non-hydrogen) atoms. The number of aromatic nitrogens is 2. The summed E-state index contributed by atoms with van der Waals surface area (Å²) in [6.45, 7) is 6.48. The van der Waals surface area contributed by atoms with E-state index in [0.29, 0.717) is 5.92 Å². The number of nitrogens with two attached hydrogens (primary N) is 1. The molecule has 1 aromatic rings. The maximum absolute atomic E-state index is 5.73. The number of rotatable bonds is 4. The Balaban J connectivity index is 1.91. The molecule has 1 saturated carbocycles. The van der Waals surface area contributed by atoms with Crippen molar-refractivity contribution in [1.82, 2.24) is 9.55 Å². The van der Waals surface area contributed by atoms with Crippen molar-refractivity contribution in [3.63, 3.8) is 0 Å². The van der Waals surface area contributed by atoms with Gasteiger partial charge in [0.25, 0.3) is 0 Å². The Bertz CT molecular complexity index is 335. The Morgan fingerprint density at radius 3 is 2.53 bits per heavy atom. The molecule has 1 aliphatic rings. The lowest BCUT2D eigenvalue weighted by Gasteiger charge is -2.28. The molecule has 0 spiro atoms. The number of hydrogen-bond acceptors (Lipinski definition) is 2. The molecule has 1 aromatic heterocycles. The second-order valence-electron chi connectivity index (χ2n) is 5.75. The average Bonchev–Trinajstić information content (AvgIpc) is 2.78. The Morgan fingerprint density at radius 2 is 1.94 bits per heavy atom. The van der Waals surface area contributed by atoms with Crippen LogP contribution < -0.4 is 5.73 Å². The monoisotopic (exact) mass is 235 g/mol. The minimum absolute atomic E-state index is 0.567. The zero-order valence-corrected chi connectivity index (χ0v) is 11.1. The fraction of sp³-hybridized carbons (Fsp3) is 0.786. The SMILES string of the molecule is CC(C)c1cncn1CC1CCC(CN)CC1. The molecule has 0 atom stereocenters. The molecule has 96 valence electrons. The average molecular weight is 235 g/mol. The minimum Gasteiger partial charge on any atom is -0.334 e. The van der Waals surface area contributed by atoms with Gasteiger partial charge >= 0.3 is 0 Å². The predicted molar refractivity (Wildman–Crippen MR) is 70.8 cm³/mol. The second kappa shape index (κ2) is 5.67. The quantitative estimate of drug-likeness (QED) is 0.872. The summed E-state index contributed by atoms with van der Waals surface area (Å²) >= 11 is 0. The zero-order valence-electron chi connectivity index (χ0n) is 11.1. The molecule has 3 nitrogen and oxygen atoms in total. The Kier molecular flexibility index (Phi) is 4.21. The Hall–Kier alpha value is -0.830. The zero-order chi connectivity index (χ0) is 12.3. The third-order valence-corrected chi connectivity index (χ3v) is 4.09. The summed E-state index contributed by atoms with van der Waals surface area (Å²) in [6, 6.07) is 0. The standard InChI is InChI=1S/C14H25N3/c1-11(2)14-8-16-10-17(14)9-13-5-3-12(7-15)4-6-13/h8,10-13H,3-7,9,15H2,1-2H3. The lowest BCUT2D eigenvalue weighted by atomic mass is 9.82. The van der Waals surface area contributed by atoms with Crippen molar-refractivity contribution in [1.29, 1.82) is 0 Å². The summed E-state index contributed by atoms with van der Waals surface area (Å²) in [5.41, 5.74) is 7.10. The van der Waals surface area contributed by atoms with Crippen molar-refractivity contribution in [3.8, 4) is 0 Å². The van der Waals surface area contributed by atoms with Crippen molar-refractivity contribution in [3.05, 3.63) is 18.2 Å². The van der Waals surface area contributed by atoms with Crippen LogP contribution >= 0.6 is 0 Å². The molecule has 0 saturated heterocycles. The summed E-state index contributed by atoms with van der Waals surface area (Å²) in [4.78, 5) is 4.28. The van der Waals surface area contributed by atoms with Crippen LogP contribution in [-0.4, -0.2) is 16.1 Å². The van der Waals surface area contributed by atoms with E-state index in [1.807, 2.05) is 12.5 Å². The van der Waals surface area contributed by atoms with Gasteiger partial charge < -0.3 is 10.3 Å². The van der Waals surface area contributed by atoms with E-state index in [1.54, 1.807) is 0 Å². The van der Waals surface area contributed by atoms with E-state index in [4.69, 9.17) is 5.73 Å². The number of hydrogen-bond donors (Lipinski definition) is 1.